The number of carbonyl (C=O) groups excluding carboxylic acids is 5. The summed E-state index contributed by atoms with van der Waals surface area (Å²) in [5.74, 6) is -1.73. The fourth-order valence-corrected chi connectivity index (χ4v) is 11.7. The number of likely N-dealkylation sites (tertiary alicyclic amines) is 1. The molecule has 0 unspecified atom stereocenters. The number of ether oxygens (including phenoxy) is 2. The molecule has 1 saturated carbocycles. The Hall–Kier alpha value is -4.01. The van der Waals surface area contributed by atoms with Gasteiger partial charge in [0.15, 0.2) is 5.78 Å². The van der Waals surface area contributed by atoms with Gasteiger partial charge in [-0.3, -0.25) is 33.7 Å². The summed E-state index contributed by atoms with van der Waals surface area (Å²) >= 11 is 0. The standard InChI is InChI=1S/C56H87N5O8/c1-12-39(6)52(59(9)54(65)44(37(2)3)31-47(62)51(38(4)5)58(8)29-21-14-13-20-28-57)49(67-10)32-50(64)60-30-22-27-46(60)53(68-11)40(7)48(63)34-56(33-45(56)41-23-16-15-17-24-41)55(66)61-35-42-25-18-19-26-43(42)36-69-61/h15-19,23-26,37-40,44-46,49,51-53H,12-14,20-22,27-36,57H2,1-11H3/t39-,40-,44-,45+,46-,49+,51-,52-,53+,56-/m0/s1. The van der Waals surface area contributed by atoms with Crippen molar-refractivity contribution in [1.82, 2.24) is 19.8 Å². The molecule has 2 fully saturated rings. The minimum Gasteiger partial charge on any atom is -0.379 e. The van der Waals surface area contributed by atoms with E-state index in [9.17, 15) is 24.0 Å². The van der Waals surface area contributed by atoms with E-state index in [1.807, 2.05) is 87.3 Å². The Kier molecular flexibility index (Phi) is 21.0. The maximum Gasteiger partial charge on any atom is 0.253 e. The van der Waals surface area contributed by atoms with Crippen LogP contribution < -0.4 is 5.73 Å². The van der Waals surface area contributed by atoms with Crippen LogP contribution in [0, 0.1) is 35.0 Å². The monoisotopic (exact) mass is 958 g/mol. The second-order valence-electron chi connectivity index (χ2n) is 21.3. The van der Waals surface area contributed by atoms with Crippen molar-refractivity contribution in [2.75, 3.05) is 47.9 Å². The summed E-state index contributed by atoms with van der Waals surface area (Å²) in [5, 5.41) is 1.46. The highest BCUT2D eigenvalue weighted by atomic mass is 16.7. The van der Waals surface area contributed by atoms with Crippen LogP contribution in [0.5, 0.6) is 0 Å². The first-order valence-corrected chi connectivity index (χ1v) is 26.1. The number of hydroxylamine groups is 2. The van der Waals surface area contributed by atoms with Crippen LogP contribution in [0.2, 0.25) is 0 Å². The number of methoxy groups -OCH3 is 2. The number of nitrogens with two attached hydrogens (primary N) is 1. The van der Waals surface area contributed by atoms with E-state index in [0.717, 1.165) is 61.8 Å². The molecule has 1 saturated heterocycles. The fraction of sp³-hybridized carbons (Fsp3) is 0.696. The maximum absolute atomic E-state index is 14.7. The third-order valence-corrected chi connectivity index (χ3v) is 16.0. The zero-order chi connectivity index (χ0) is 50.6. The number of likely N-dealkylation sites (N-methyl/N-ethyl adjacent to an activating group) is 2. The van der Waals surface area contributed by atoms with Gasteiger partial charge in [-0.05, 0) is 92.6 Å². The lowest BCUT2D eigenvalue weighted by atomic mass is 9.83. The van der Waals surface area contributed by atoms with Crippen molar-refractivity contribution in [1.29, 1.82) is 0 Å². The number of hydrogen-bond donors (Lipinski definition) is 1. The summed E-state index contributed by atoms with van der Waals surface area (Å²) in [7, 11) is 7.00. The maximum atomic E-state index is 14.7. The number of ketones is 2. The Morgan fingerprint density at radius 3 is 2.13 bits per heavy atom. The lowest BCUT2D eigenvalue weighted by Gasteiger charge is -2.41. The van der Waals surface area contributed by atoms with Crippen LogP contribution in [0.15, 0.2) is 54.6 Å². The van der Waals surface area contributed by atoms with Gasteiger partial charge in [0.25, 0.3) is 5.91 Å². The molecule has 3 aliphatic rings. The molecule has 0 spiro atoms. The molecule has 2 N–H and O–H groups in total. The first kappa shape index (κ1) is 55.9. The summed E-state index contributed by atoms with van der Waals surface area (Å²) < 4.78 is 12.3. The van der Waals surface area contributed by atoms with Crippen molar-refractivity contribution in [3.05, 3.63) is 71.3 Å². The highest BCUT2D eigenvalue weighted by Gasteiger charge is 2.63. The number of Topliss-reactive ketones (excluding diaryl/α,β-unsaturated/α-hetero) is 2. The molecule has 2 aromatic rings. The fourth-order valence-electron chi connectivity index (χ4n) is 11.7. The van der Waals surface area contributed by atoms with E-state index in [0.29, 0.717) is 32.5 Å². The van der Waals surface area contributed by atoms with Gasteiger partial charge >= 0.3 is 0 Å². The van der Waals surface area contributed by atoms with Gasteiger partial charge in [-0.2, -0.15) is 0 Å². The zero-order valence-corrected chi connectivity index (χ0v) is 44.0. The average molecular weight is 958 g/mol. The second-order valence-corrected chi connectivity index (χ2v) is 21.3. The predicted octanol–water partition coefficient (Wildman–Crippen LogP) is 8.22. The predicted molar refractivity (Wildman–Crippen MR) is 270 cm³/mol. The summed E-state index contributed by atoms with van der Waals surface area (Å²) in [6.07, 6.45) is 5.80. The molecule has 1 aliphatic carbocycles. The average Bonchev–Trinajstić information content (AvgIpc) is 3.86. The quantitative estimate of drug-likeness (QED) is 0.0827. The third kappa shape index (κ3) is 13.5. The van der Waals surface area contributed by atoms with Gasteiger partial charge in [0.2, 0.25) is 11.8 Å². The number of amides is 3. The number of unbranched alkanes of at least 4 members (excludes halogenated alkanes) is 3. The van der Waals surface area contributed by atoms with Gasteiger partial charge in [-0.15, -0.1) is 0 Å². The molecule has 3 amide bonds. The molecule has 0 radical (unpaired) electrons. The second kappa shape index (κ2) is 25.9. The lowest BCUT2D eigenvalue weighted by Crippen LogP contribution is -2.54. The van der Waals surface area contributed by atoms with Crippen molar-refractivity contribution < 1.29 is 38.3 Å². The molecule has 13 nitrogen and oxygen atoms in total. The van der Waals surface area contributed by atoms with Crippen LogP contribution in [0.3, 0.4) is 0 Å². The van der Waals surface area contributed by atoms with E-state index >= 15 is 0 Å². The highest BCUT2D eigenvalue weighted by Crippen LogP contribution is 2.63. The van der Waals surface area contributed by atoms with Crippen LogP contribution in [0.1, 0.15) is 142 Å². The zero-order valence-electron chi connectivity index (χ0n) is 44.0. The Morgan fingerprint density at radius 1 is 0.841 bits per heavy atom. The van der Waals surface area contributed by atoms with Crippen LogP contribution in [0.4, 0.5) is 0 Å². The van der Waals surface area contributed by atoms with E-state index in [1.54, 1.807) is 26.2 Å². The Balaban J connectivity index is 1.29. The third-order valence-electron chi connectivity index (χ3n) is 16.0. The summed E-state index contributed by atoms with van der Waals surface area (Å²) in [5.41, 5.74) is 7.83. The van der Waals surface area contributed by atoms with Crippen LogP contribution in [0.25, 0.3) is 0 Å². The molecule has 69 heavy (non-hydrogen) atoms. The molecule has 2 heterocycles. The van der Waals surface area contributed by atoms with E-state index in [-0.39, 0.29) is 90.9 Å². The van der Waals surface area contributed by atoms with Crippen molar-refractivity contribution in [3.63, 3.8) is 0 Å². The summed E-state index contributed by atoms with van der Waals surface area (Å²) in [4.78, 5) is 84.5. The van der Waals surface area contributed by atoms with E-state index in [4.69, 9.17) is 20.0 Å². The van der Waals surface area contributed by atoms with Crippen molar-refractivity contribution in [2.45, 2.75) is 168 Å². The van der Waals surface area contributed by atoms with Crippen molar-refractivity contribution in [2.24, 2.45) is 40.7 Å². The molecule has 0 aromatic heterocycles. The lowest BCUT2D eigenvalue weighted by molar-refractivity contribution is -0.207. The first-order valence-electron chi connectivity index (χ1n) is 26.1. The van der Waals surface area contributed by atoms with Crippen molar-refractivity contribution >= 4 is 29.3 Å². The minimum atomic E-state index is -0.957. The molecule has 0 bridgehead atoms. The van der Waals surface area contributed by atoms with Gasteiger partial charge in [-0.25, -0.2) is 5.06 Å². The molecular formula is C56H87N5O8. The number of carbonyl (C=O) groups is 5. The normalized spacial score (nSPS) is 22.2. The Labute approximate surface area is 414 Å². The number of rotatable bonds is 28. The Bertz CT molecular complexity index is 2000. The first-order chi connectivity index (χ1) is 33.0. The molecule has 5 rings (SSSR count). The molecule has 13 heteroatoms. The topological polar surface area (TPSA) is 152 Å². The highest BCUT2D eigenvalue weighted by molar-refractivity contribution is 5.94. The molecule has 384 valence electrons. The minimum absolute atomic E-state index is 0.0185. The Morgan fingerprint density at radius 2 is 1.51 bits per heavy atom. The van der Waals surface area contributed by atoms with Gasteiger partial charge in [-0.1, -0.05) is 122 Å². The number of fused-ring (bicyclic) bond motifs is 1. The van der Waals surface area contributed by atoms with E-state index in [1.165, 1.54) is 5.06 Å². The van der Waals surface area contributed by atoms with Crippen molar-refractivity contribution in [3.8, 4) is 0 Å². The molecular weight excluding hydrogens is 871 g/mol. The number of benzene rings is 2. The van der Waals surface area contributed by atoms with Gasteiger partial charge < -0.3 is 25.0 Å². The van der Waals surface area contributed by atoms with E-state index < -0.39 is 35.5 Å². The number of hydrogen-bond acceptors (Lipinski definition) is 10. The van der Waals surface area contributed by atoms with Gasteiger partial charge in [0, 0.05) is 52.5 Å². The summed E-state index contributed by atoms with van der Waals surface area (Å²) in [6.45, 7) is 16.8. The van der Waals surface area contributed by atoms with Gasteiger partial charge in [0.05, 0.1) is 48.7 Å². The largest absolute Gasteiger partial charge is 0.379 e. The van der Waals surface area contributed by atoms with E-state index in [2.05, 4.69) is 32.6 Å². The van der Waals surface area contributed by atoms with Crippen LogP contribution in [-0.2, 0) is 51.4 Å². The molecule has 2 aromatic carbocycles. The van der Waals surface area contributed by atoms with Gasteiger partial charge in [0.1, 0.15) is 12.4 Å². The molecule has 10 atom stereocenters. The SMILES string of the molecule is CC[C@H](C)[C@@H]([C@@H](CC(=O)N1CCC[C@H]1[C@H](OC)[C@@H](C)C(=O)C[C@@]1(C(=O)N2Cc3ccccc3CO2)C[C@@H]1c1ccccc1)OC)N(C)C(=O)[C@@H](CC(=O)[C@H](C(C)C)N(C)CCCCCCN)C(C)C. The summed E-state index contributed by atoms with van der Waals surface area (Å²) in [6, 6.07) is 16.8. The van der Waals surface area contributed by atoms with Crippen LogP contribution in [-0.4, -0.2) is 127 Å². The smallest absolute Gasteiger partial charge is 0.253 e. The van der Waals surface area contributed by atoms with Crippen LogP contribution >= 0.6 is 0 Å². The number of nitrogens with zero attached hydrogens (tertiary/aromatic N) is 4. The molecule has 2 aliphatic heterocycles.